The minimum atomic E-state index is -0.412. The minimum absolute atomic E-state index is 0.157. The van der Waals surface area contributed by atoms with Crippen LogP contribution in [0.2, 0.25) is 0 Å². The van der Waals surface area contributed by atoms with Crippen LogP contribution in [0.3, 0.4) is 0 Å². The van der Waals surface area contributed by atoms with E-state index in [-0.39, 0.29) is 6.61 Å². The average Bonchev–Trinajstić information content (AvgIpc) is 2.52. The predicted molar refractivity (Wildman–Crippen MR) is 77.9 cm³/mol. The Morgan fingerprint density at radius 1 is 1.14 bits per heavy atom. The highest BCUT2D eigenvalue weighted by atomic mass is 19.1. The molecule has 3 nitrogen and oxygen atoms in total. The number of nitrogens with zero attached hydrogens (tertiary/aromatic N) is 1. The molecule has 0 saturated carbocycles. The van der Waals surface area contributed by atoms with Crippen molar-refractivity contribution < 1.29 is 13.9 Å². The van der Waals surface area contributed by atoms with Gasteiger partial charge in [0, 0.05) is 11.8 Å². The number of halogens is 1. The van der Waals surface area contributed by atoms with Gasteiger partial charge in [-0.15, -0.1) is 0 Å². The molecule has 0 fully saturated rings. The van der Waals surface area contributed by atoms with Gasteiger partial charge in [-0.2, -0.15) is 0 Å². The maximum Gasteiger partial charge on any atom is 0.154 e. The SMILES string of the molecule is O=Cc1c(OCc2cncc(F)c2)ccc2ccccc12. The number of fused-ring (bicyclic) bond motifs is 1. The van der Waals surface area contributed by atoms with Crippen LogP contribution in [0.25, 0.3) is 10.8 Å². The standard InChI is InChI=1S/C17H12FNO2/c18-14-7-12(8-19-9-14)11-21-17-6-5-13-3-1-2-4-15(13)16(17)10-20/h1-10H,11H2. The molecule has 21 heavy (non-hydrogen) atoms. The average molecular weight is 281 g/mol. The summed E-state index contributed by atoms with van der Waals surface area (Å²) in [6.07, 6.45) is 3.45. The van der Waals surface area contributed by atoms with Gasteiger partial charge in [0.1, 0.15) is 18.2 Å². The summed E-state index contributed by atoms with van der Waals surface area (Å²) in [5, 5.41) is 1.81. The third kappa shape index (κ3) is 2.74. The monoisotopic (exact) mass is 281 g/mol. The Balaban J connectivity index is 1.92. The summed E-state index contributed by atoms with van der Waals surface area (Å²) in [6, 6.07) is 12.6. The van der Waals surface area contributed by atoms with Gasteiger partial charge in [0.05, 0.1) is 11.8 Å². The van der Waals surface area contributed by atoms with E-state index in [1.165, 1.54) is 12.3 Å². The molecule has 2 aromatic carbocycles. The van der Waals surface area contributed by atoms with Crippen LogP contribution >= 0.6 is 0 Å². The molecular weight excluding hydrogens is 269 g/mol. The van der Waals surface area contributed by atoms with Crippen molar-refractivity contribution in [2.75, 3.05) is 0 Å². The quantitative estimate of drug-likeness (QED) is 0.683. The van der Waals surface area contributed by atoms with E-state index in [4.69, 9.17) is 4.74 Å². The lowest BCUT2D eigenvalue weighted by molar-refractivity contribution is 0.112. The molecule has 3 rings (SSSR count). The molecule has 0 amide bonds. The summed E-state index contributed by atoms with van der Waals surface area (Å²) in [4.78, 5) is 15.1. The third-order valence-corrected chi connectivity index (χ3v) is 3.20. The smallest absolute Gasteiger partial charge is 0.154 e. The first kappa shape index (κ1) is 13.2. The van der Waals surface area contributed by atoms with Crippen LogP contribution in [0.15, 0.2) is 54.9 Å². The number of aldehydes is 1. The molecule has 104 valence electrons. The maximum atomic E-state index is 13.1. The molecule has 4 heteroatoms. The zero-order chi connectivity index (χ0) is 14.7. The number of ether oxygens (including phenoxy) is 1. The topological polar surface area (TPSA) is 39.2 Å². The third-order valence-electron chi connectivity index (χ3n) is 3.20. The lowest BCUT2D eigenvalue weighted by Gasteiger charge is -2.10. The van der Waals surface area contributed by atoms with E-state index < -0.39 is 5.82 Å². The molecule has 0 aliphatic rings. The molecule has 0 saturated heterocycles. The van der Waals surface area contributed by atoms with Crippen molar-refractivity contribution in [1.82, 2.24) is 4.98 Å². The summed E-state index contributed by atoms with van der Waals surface area (Å²) < 4.78 is 18.7. The van der Waals surface area contributed by atoms with Gasteiger partial charge >= 0.3 is 0 Å². The van der Waals surface area contributed by atoms with Gasteiger partial charge in [0.15, 0.2) is 6.29 Å². The van der Waals surface area contributed by atoms with E-state index in [0.29, 0.717) is 16.9 Å². The number of pyridine rings is 1. The molecule has 0 N–H and O–H groups in total. The van der Waals surface area contributed by atoms with Crippen molar-refractivity contribution in [2.45, 2.75) is 6.61 Å². The molecule has 1 heterocycles. The number of carbonyl (C=O) groups excluding carboxylic acids is 1. The molecule has 0 aliphatic heterocycles. The molecule has 0 atom stereocenters. The van der Waals surface area contributed by atoms with E-state index in [1.54, 1.807) is 6.07 Å². The Bertz CT molecular complexity index is 802. The molecule has 0 bridgehead atoms. The first-order valence-electron chi connectivity index (χ1n) is 6.47. The zero-order valence-electron chi connectivity index (χ0n) is 11.1. The van der Waals surface area contributed by atoms with E-state index in [1.807, 2.05) is 30.3 Å². The number of aromatic nitrogens is 1. The Morgan fingerprint density at radius 2 is 2.00 bits per heavy atom. The molecule has 0 spiro atoms. The van der Waals surface area contributed by atoms with Crippen molar-refractivity contribution in [1.29, 1.82) is 0 Å². The highest BCUT2D eigenvalue weighted by Crippen LogP contribution is 2.27. The normalized spacial score (nSPS) is 10.5. The number of hydrogen-bond acceptors (Lipinski definition) is 3. The molecule has 0 radical (unpaired) electrons. The fourth-order valence-electron chi connectivity index (χ4n) is 2.22. The van der Waals surface area contributed by atoms with Crippen LogP contribution in [0.1, 0.15) is 15.9 Å². The number of hydrogen-bond donors (Lipinski definition) is 0. The molecular formula is C17H12FNO2. The number of carbonyl (C=O) groups is 1. The minimum Gasteiger partial charge on any atom is -0.488 e. The predicted octanol–water partition coefficient (Wildman–Crippen LogP) is 3.77. The summed E-state index contributed by atoms with van der Waals surface area (Å²) in [5.74, 6) is 0.0678. The van der Waals surface area contributed by atoms with Gasteiger partial charge < -0.3 is 4.74 Å². The Kier molecular flexibility index (Phi) is 3.60. The zero-order valence-corrected chi connectivity index (χ0v) is 11.1. The van der Waals surface area contributed by atoms with E-state index in [2.05, 4.69) is 4.98 Å². The van der Waals surface area contributed by atoms with Gasteiger partial charge in [-0.05, 0) is 22.9 Å². The van der Waals surface area contributed by atoms with Crippen molar-refractivity contribution in [3.8, 4) is 5.75 Å². The first-order chi connectivity index (χ1) is 10.3. The van der Waals surface area contributed by atoms with Crippen LogP contribution in [0.4, 0.5) is 4.39 Å². The summed E-state index contributed by atoms with van der Waals surface area (Å²) in [7, 11) is 0. The maximum absolute atomic E-state index is 13.1. The Labute approximate surface area is 121 Å². The Morgan fingerprint density at radius 3 is 2.81 bits per heavy atom. The highest BCUT2D eigenvalue weighted by molar-refractivity contribution is 6.00. The Hall–Kier alpha value is -2.75. The van der Waals surface area contributed by atoms with Crippen molar-refractivity contribution >= 4 is 17.1 Å². The van der Waals surface area contributed by atoms with E-state index >= 15 is 0 Å². The van der Waals surface area contributed by atoms with Crippen LogP contribution in [-0.4, -0.2) is 11.3 Å². The van der Waals surface area contributed by atoms with Gasteiger partial charge in [0.25, 0.3) is 0 Å². The molecule has 1 aromatic heterocycles. The second-order valence-corrected chi connectivity index (χ2v) is 4.62. The lowest BCUT2D eigenvalue weighted by Crippen LogP contribution is -2.00. The summed E-state index contributed by atoms with van der Waals surface area (Å²) in [6.45, 7) is 0.157. The molecule has 3 aromatic rings. The summed E-state index contributed by atoms with van der Waals surface area (Å²) in [5.41, 5.74) is 1.11. The number of benzene rings is 2. The van der Waals surface area contributed by atoms with Crippen molar-refractivity contribution in [3.63, 3.8) is 0 Å². The fourth-order valence-corrected chi connectivity index (χ4v) is 2.22. The van der Waals surface area contributed by atoms with Crippen molar-refractivity contribution in [2.24, 2.45) is 0 Å². The van der Waals surface area contributed by atoms with E-state index in [0.717, 1.165) is 23.3 Å². The second-order valence-electron chi connectivity index (χ2n) is 4.62. The van der Waals surface area contributed by atoms with Crippen LogP contribution < -0.4 is 4.74 Å². The molecule has 0 aliphatic carbocycles. The van der Waals surface area contributed by atoms with Gasteiger partial charge in [-0.25, -0.2) is 4.39 Å². The van der Waals surface area contributed by atoms with Crippen molar-refractivity contribution in [3.05, 3.63) is 71.8 Å². The van der Waals surface area contributed by atoms with Crippen LogP contribution in [0.5, 0.6) is 5.75 Å². The first-order valence-corrected chi connectivity index (χ1v) is 6.47. The largest absolute Gasteiger partial charge is 0.488 e. The molecule has 0 unspecified atom stereocenters. The number of rotatable bonds is 4. The van der Waals surface area contributed by atoms with Gasteiger partial charge in [-0.3, -0.25) is 9.78 Å². The van der Waals surface area contributed by atoms with Gasteiger partial charge in [0.2, 0.25) is 0 Å². The second kappa shape index (κ2) is 5.71. The van der Waals surface area contributed by atoms with Crippen LogP contribution in [0, 0.1) is 5.82 Å². The van der Waals surface area contributed by atoms with Gasteiger partial charge in [-0.1, -0.05) is 30.3 Å². The van der Waals surface area contributed by atoms with E-state index in [9.17, 15) is 9.18 Å². The fraction of sp³-hybridized carbons (Fsp3) is 0.0588. The summed E-state index contributed by atoms with van der Waals surface area (Å²) >= 11 is 0. The lowest BCUT2D eigenvalue weighted by atomic mass is 10.0. The highest BCUT2D eigenvalue weighted by Gasteiger charge is 2.08. The van der Waals surface area contributed by atoms with Crippen LogP contribution in [-0.2, 0) is 6.61 Å².